The average molecular weight is 351 g/mol. The van der Waals surface area contributed by atoms with Crippen LogP contribution in [0.5, 0.6) is 0 Å². The van der Waals surface area contributed by atoms with Gasteiger partial charge in [-0.3, -0.25) is 4.99 Å². The molecule has 2 aliphatic carbocycles. The number of rotatable bonds is 6. The van der Waals surface area contributed by atoms with Crippen LogP contribution in [-0.2, 0) is 11.2 Å². The van der Waals surface area contributed by atoms with Crippen LogP contribution in [0.15, 0.2) is 23.3 Å². The summed E-state index contributed by atoms with van der Waals surface area (Å²) in [5.74, 6) is 0.878. The molecule has 2 saturated carbocycles. The Morgan fingerprint density at radius 2 is 2.29 bits per heavy atom. The van der Waals surface area contributed by atoms with E-state index in [1.165, 1.54) is 19.3 Å². The summed E-state index contributed by atoms with van der Waals surface area (Å²) in [6.07, 6.45) is 8.06. The number of aromatic nitrogens is 1. The third kappa shape index (κ3) is 3.52. The van der Waals surface area contributed by atoms with Crippen LogP contribution < -0.4 is 10.6 Å². The van der Waals surface area contributed by atoms with Gasteiger partial charge in [0.15, 0.2) is 5.96 Å². The molecule has 0 aliphatic heterocycles. The summed E-state index contributed by atoms with van der Waals surface area (Å²) < 4.78 is 5.91. The van der Waals surface area contributed by atoms with E-state index in [4.69, 9.17) is 16.3 Å². The molecule has 1 aromatic rings. The standard InChI is InChI=1S/C18H27ClN4O/c1-3-24-15-11-14(18(15)8-4-9-18)23-17(20-2)21-10-7-13-5-6-16(19)22-12-13/h5-6,12,14-15H,3-4,7-11H2,1-2H3,(H2,20,21,23). The van der Waals surface area contributed by atoms with E-state index in [-0.39, 0.29) is 0 Å². The molecule has 0 aromatic carbocycles. The molecular weight excluding hydrogens is 324 g/mol. The van der Waals surface area contributed by atoms with Crippen LogP contribution in [0, 0.1) is 5.41 Å². The van der Waals surface area contributed by atoms with E-state index in [0.29, 0.717) is 22.7 Å². The van der Waals surface area contributed by atoms with Gasteiger partial charge >= 0.3 is 0 Å². The number of nitrogens with zero attached hydrogens (tertiary/aromatic N) is 2. The summed E-state index contributed by atoms with van der Waals surface area (Å²) in [6.45, 7) is 3.71. The number of ether oxygens (including phenoxy) is 1. The lowest BCUT2D eigenvalue weighted by Gasteiger charge is -2.61. The second kappa shape index (κ2) is 7.70. The van der Waals surface area contributed by atoms with Crippen LogP contribution in [0.1, 0.15) is 38.2 Å². The average Bonchev–Trinajstić information content (AvgIpc) is 2.52. The van der Waals surface area contributed by atoms with Crippen LogP contribution in [-0.4, -0.2) is 43.3 Å². The van der Waals surface area contributed by atoms with Crippen molar-refractivity contribution in [3.63, 3.8) is 0 Å². The van der Waals surface area contributed by atoms with E-state index in [1.807, 2.05) is 25.4 Å². The van der Waals surface area contributed by atoms with E-state index in [2.05, 4.69) is 27.5 Å². The number of hydrogen-bond acceptors (Lipinski definition) is 3. The van der Waals surface area contributed by atoms with Crippen molar-refractivity contribution in [2.75, 3.05) is 20.2 Å². The molecule has 0 radical (unpaired) electrons. The van der Waals surface area contributed by atoms with E-state index >= 15 is 0 Å². The Kier molecular flexibility index (Phi) is 5.61. The van der Waals surface area contributed by atoms with E-state index in [9.17, 15) is 0 Å². The fraction of sp³-hybridized carbons (Fsp3) is 0.667. The lowest BCUT2D eigenvalue weighted by molar-refractivity contribution is -0.168. The molecule has 0 amide bonds. The molecule has 3 rings (SSSR count). The van der Waals surface area contributed by atoms with Crippen molar-refractivity contribution in [2.45, 2.75) is 51.2 Å². The van der Waals surface area contributed by atoms with Gasteiger partial charge < -0.3 is 15.4 Å². The van der Waals surface area contributed by atoms with Gasteiger partial charge in [0, 0.05) is 37.9 Å². The van der Waals surface area contributed by atoms with Crippen molar-refractivity contribution in [1.82, 2.24) is 15.6 Å². The monoisotopic (exact) mass is 350 g/mol. The number of pyridine rings is 1. The Morgan fingerprint density at radius 3 is 2.88 bits per heavy atom. The Hall–Kier alpha value is -1.33. The summed E-state index contributed by atoms with van der Waals surface area (Å²) in [6, 6.07) is 4.31. The molecule has 1 spiro atoms. The molecule has 5 nitrogen and oxygen atoms in total. The fourth-order valence-corrected chi connectivity index (χ4v) is 3.99. The van der Waals surface area contributed by atoms with Gasteiger partial charge in [-0.25, -0.2) is 4.98 Å². The molecule has 132 valence electrons. The van der Waals surface area contributed by atoms with Crippen molar-refractivity contribution in [3.8, 4) is 0 Å². The maximum absolute atomic E-state index is 5.91. The highest BCUT2D eigenvalue weighted by Gasteiger charge is 2.59. The first-order valence-electron chi connectivity index (χ1n) is 8.87. The third-order valence-electron chi connectivity index (χ3n) is 5.47. The highest BCUT2D eigenvalue weighted by molar-refractivity contribution is 6.29. The van der Waals surface area contributed by atoms with Gasteiger partial charge in [0.05, 0.1) is 6.10 Å². The minimum atomic E-state index is 0.341. The number of aliphatic imine (C=N–C) groups is 1. The van der Waals surface area contributed by atoms with Crippen LogP contribution in [0.25, 0.3) is 0 Å². The van der Waals surface area contributed by atoms with Crippen LogP contribution in [0.4, 0.5) is 0 Å². The Balaban J connectivity index is 1.46. The maximum Gasteiger partial charge on any atom is 0.191 e. The molecular formula is C18H27ClN4O. The molecule has 1 heterocycles. The van der Waals surface area contributed by atoms with Gasteiger partial charge in [-0.15, -0.1) is 0 Å². The summed E-state index contributed by atoms with van der Waals surface area (Å²) in [7, 11) is 1.82. The van der Waals surface area contributed by atoms with E-state index in [1.54, 1.807) is 0 Å². The Morgan fingerprint density at radius 1 is 1.46 bits per heavy atom. The molecule has 2 unspecified atom stereocenters. The van der Waals surface area contributed by atoms with Crippen molar-refractivity contribution in [2.24, 2.45) is 10.4 Å². The van der Waals surface area contributed by atoms with Gasteiger partial charge in [-0.2, -0.15) is 0 Å². The summed E-state index contributed by atoms with van der Waals surface area (Å²) in [5.41, 5.74) is 1.51. The maximum atomic E-state index is 5.91. The van der Waals surface area contributed by atoms with Gasteiger partial charge in [-0.05, 0) is 44.2 Å². The number of nitrogens with one attached hydrogen (secondary N) is 2. The zero-order chi connectivity index (χ0) is 17.0. The molecule has 0 bridgehead atoms. The largest absolute Gasteiger partial charge is 0.378 e. The number of guanidine groups is 1. The highest BCUT2D eigenvalue weighted by Crippen LogP contribution is 2.57. The van der Waals surface area contributed by atoms with Crippen LogP contribution in [0.2, 0.25) is 5.15 Å². The quantitative estimate of drug-likeness (QED) is 0.470. The van der Waals surface area contributed by atoms with Crippen molar-refractivity contribution in [3.05, 3.63) is 29.0 Å². The molecule has 1 aromatic heterocycles. The number of hydrogen-bond donors (Lipinski definition) is 2. The first-order valence-corrected chi connectivity index (χ1v) is 9.25. The zero-order valence-electron chi connectivity index (χ0n) is 14.5. The smallest absolute Gasteiger partial charge is 0.191 e. The topological polar surface area (TPSA) is 58.5 Å². The van der Waals surface area contributed by atoms with Crippen LogP contribution >= 0.6 is 11.6 Å². The minimum Gasteiger partial charge on any atom is -0.378 e. The predicted octanol–water partition coefficient (Wildman–Crippen LogP) is 2.79. The van der Waals surface area contributed by atoms with Gasteiger partial charge in [0.25, 0.3) is 0 Å². The lowest BCUT2D eigenvalue weighted by Crippen LogP contribution is -2.68. The lowest BCUT2D eigenvalue weighted by atomic mass is 9.51. The van der Waals surface area contributed by atoms with Crippen molar-refractivity contribution in [1.29, 1.82) is 0 Å². The Bertz CT molecular complexity index is 571. The van der Waals surface area contributed by atoms with Crippen LogP contribution in [0.3, 0.4) is 0 Å². The molecule has 6 heteroatoms. The molecule has 0 saturated heterocycles. The molecule has 2 aliphatic rings. The summed E-state index contributed by atoms with van der Waals surface area (Å²) in [5, 5.41) is 7.53. The Labute approximate surface area is 149 Å². The first kappa shape index (κ1) is 17.5. The summed E-state index contributed by atoms with van der Waals surface area (Å²) in [4.78, 5) is 8.48. The zero-order valence-corrected chi connectivity index (χ0v) is 15.3. The second-order valence-corrected chi connectivity index (χ2v) is 7.09. The fourth-order valence-electron chi connectivity index (χ4n) is 3.88. The molecule has 24 heavy (non-hydrogen) atoms. The minimum absolute atomic E-state index is 0.341. The SMILES string of the molecule is CCOC1CC(NC(=NC)NCCc2ccc(Cl)nc2)C12CCC2. The molecule has 2 N–H and O–H groups in total. The van der Waals surface area contributed by atoms with Gasteiger partial charge in [0.1, 0.15) is 5.15 Å². The van der Waals surface area contributed by atoms with Crippen molar-refractivity contribution >= 4 is 17.6 Å². The first-order chi connectivity index (χ1) is 11.7. The second-order valence-electron chi connectivity index (χ2n) is 6.70. The molecule has 2 fully saturated rings. The van der Waals surface area contributed by atoms with Gasteiger partial charge in [0.2, 0.25) is 0 Å². The highest BCUT2D eigenvalue weighted by atomic mass is 35.5. The normalized spacial score (nSPS) is 25.0. The molecule has 2 atom stereocenters. The van der Waals surface area contributed by atoms with Gasteiger partial charge in [-0.1, -0.05) is 24.1 Å². The van der Waals surface area contributed by atoms with Crippen molar-refractivity contribution < 1.29 is 4.74 Å². The third-order valence-corrected chi connectivity index (χ3v) is 5.69. The number of halogens is 1. The van der Waals surface area contributed by atoms with E-state index < -0.39 is 0 Å². The predicted molar refractivity (Wildman–Crippen MR) is 97.6 cm³/mol. The van der Waals surface area contributed by atoms with E-state index in [0.717, 1.165) is 37.5 Å². The summed E-state index contributed by atoms with van der Waals surface area (Å²) >= 11 is 5.81.